The first-order valence-electron chi connectivity index (χ1n) is 7.19. The van der Waals surface area contributed by atoms with Crippen molar-refractivity contribution in [2.45, 2.75) is 33.1 Å². The van der Waals surface area contributed by atoms with Crippen molar-refractivity contribution in [3.8, 4) is 5.75 Å². The maximum atomic E-state index is 13.3. The van der Waals surface area contributed by atoms with Gasteiger partial charge in [0.05, 0.1) is 13.0 Å². The molecule has 118 valence electrons. The standard InChI is InChI=1S/C16H24FNO3/c1-16(2,9-5-10-19)12-18-15(20)8-11-21-14-7-4-3-6-13(14)17/h3-4,6-7,19H,5,8-12H2,1-2H3,(H,18,20). The minimum atomic E-state index is -0.428. The molecule has 1 aromatic rings. The average Bonchev–Trinajstić information content (AvgIpc) is 2.45. The molecule has 0 atom stereocenters. The molecule has 0 aliphatic rings. The van der Waals surface area contributed by atoms with Crippen molar-refractivity contribution in [1.29, 1.82) is 0 Å². The lowest BCUT2D eigenvalue weighted by atomic mass is 9.88. The second-order valence-electron chi connectivity index (χ2n) is 5.80. The normalized spacial score (nSPS) is 11.2. The summed E-state index contributed by atoms with van der Waals surface area (Å²) >= 11 is 0. The van der Waals surface area contributed by atoms with Gasteiger partial charge in [-0.1, -0.05) is 26.0 Å². The van der Waals surface area contributed by atoms with Gasteiger partial charge in [0.25, 0.3) is 0 Å². The summed E-state index contributed by atoms with van der Waals surface area (Å²) in [5.74, 6) is -0.389. The van der Waals surface area contributed by atoms with Gasteiger partial charge in [-0.3, -0.25) is 4.79 Å². The molecule has 1 rings (SSSR count). The zero-order valence-electron chi connectivity index (χ0n) is 12.7. The highest BCUT2D eigenvalue weighted by molar-refractivity contribution is 5.76. The van der Waals surface area contributed by atoms with Gasteiger partial charge >= 0.3 is 0 Å². The van der Waals surface area contributed by atoms with Crippen LogP contribution in [0.4, 0.5) is 4.39 Å². The molecule has 1 aromatic carbocycles. The third-order valence-corrected chi connectivity index (χ3v) is 3.20. The highest BCUT2D eigenvalue weighted by atomic mass is 19.1. The zero-order chi connectivity index (χ0) is 15.7. The number of carbonyl (C=O) groups is 1. The molecule has 0 aliphatic carbocycles. The molecule has 1 amide bonds. The number of carbonyl (C=O) groups excluding carboxylic acids is 1. The van der Waals surface area contributed by atoms with Crippen LogP contribution < -0.4 is 10.1 Å². The van der Waals surface area contributed by atoms with Crippen molar-refractivity contribution in [3.63, 3.8) is 0 Å². The fourth-order valence-electron chi connectivity index (χ4n) is 1.89. The van der Waals surface area contributed by atoms with Crippen LogP contribution >= 0.6 is 0 Å². The summed E-state index contributed by atoms with van der Waals surface area (Å²) in [6.07, 6.45) is 1.75. The van der Waals surface area contributed by atoms with Crippen LogP contribution in [-0.4, -0.2) is 30.8 Å². The first kappa shape index (κ1) is 17.4. The second kappa shape index (κ2) is 8.62. The van der Waals surface area contributed by atoms with E-state index in [0.29, 0.717) is 6.54 Å². The summed E-state index contributed by atoms with van der Waals surface area (Å²) in [4.78, 5) is 11.7. The molecule has 0 aromatic heterocycles. The fourth-order valence-corrected chi connectivity index (χ4v) is 1.89. The lowest BCUT2D eigenvalue weighted by Gasteiger charge is -2.24. The van der Waals surface area contributed by atoms with Crippen LogP contribution in [0.15, 0.2) is 24.3 Å². The van der Waals surface area contributed by atoms with Gasteiger partial charge < -0.3 is 15.2 Å². The number of hydrogen-bond acceptors (Lipinski definition) is 3. The molecule has 0 saturated carbocycles. The summed E-state index contributed by atoms with van der Waals surface area (Å²) < 4.78 is 18.5. The van der Waals surface area contributed by atoms with Crippen LogP contribution in [0.3, 0.4) is 0 Å². The maximum Gasteiger partial charge on any atom is 0.223 e. The molecule has 0 bridgehead atoms. The van der Waals surface area contributed by atoms with Gasteiger partial charge in [0, 0.05) is 13.2 Å². The molecule has 5 heteroatoms. The number of aliphatic hydroxyl groups excluding tert-OH is 1. The second-order valence-corrected chi connectivity index (χ2v) is 5.80. The van der Waals surface area contributed by atoms with Crippen LogP contribution in [-0.2, 0) is 4.79 Å². The predicted molar refractivity (Wildman–Crippen MR) is 79.6 cm³/mol. The van der Waals surface area contributed by atoms with Crippen molar-refractivity contribution < 1.29 is 19.0 Å². The Bertz CT molecular complexity index is 449. The minimum Gasteiger partial charge on any atom is -0.490 e. The van der Waals surface area contributed by atoms with Gasteiger partial charge in [-0.25, -0.2) is 4.39 Å². The van der Waals surface area contributed by atoms with Gasteiger partial charge in [-0.05, 0) is 30.4 Å². The van der Waals surface area contributed by atoms with Gasteiger partial charge in [0.15, 0.2) is 11.6 Å². The van der Waals surface area contributed by atoms with Crippen molar-refractivity contribution in [2.75, 3.05) is 19.8 Å². The molecule has 0 spiro atoms. The van der Waals surface area contributed by atoms with E-state index in [1.54, 1.807) is 12.1 Å². The summed E-state index contributed by atoms with van der Waals surface area (Å²) in [5, 5.41) is 11.7. The molecular weight excluding hydrogens is 273 g/mol. The van der Waals surface area contributed by atoms with E-state index < -0.39 is 5.82 Å². The molecule has 0 fully saturated rings. The highest BCUT2D eigenvalue weighted by Gasteiger charge is 2.18. The molecule has 0 radical (unpaired) electrons. The summed E-state index contributed by atoms with van der Waals surface area (Å²) in [7, 11) is 0. The van der Waals surface area contributed by atoms with E-state index in [1.807, 2.05) is 13.8 Å². The van der Waals surface area contributed by atoms with Gasteiger partial charge in [0.1, 0.15) is 0 Å². The van der Waals surface area contributed by atoms with Gasteiger partial charge in [-0.15, -0.1) is 0 Å². The van der Waals surface area contributed by atoms with E-state index >= 15 is 0 Å². The molecule has 0 aliphatic heterocycles. The van der Waals surface area contributed by atoms with E-state index in [9.17, 15) is 9.18 Å². The molecule has 4 nitrogen and oxygen atoms in total. The van der Waals surface area contributed by atoms with E-state index in [1.165, 1.54) is 12.1 Å². The Morgan fingerprint density at radius 3 is 2.76 bits per heavy atom. The highest BCUT2D eigenvalue weighted by Crippen LogP contribution is 2.20. The first-order chi connectivity index (χ1) is 9.94. The average molecular weight is 297 g/mol. The van der Waals surface area contributed by atoms with Crippen LogP contribution in [0, 0.1) is 11.2 Å². The summed E-state index contributed by atoms with van der Waals surface area (Å²) in [5.41, 5.74) is -0.0508. The smallest absolute Gasteiger partial charge is 0.223 e. The quantitative estimate of drug-likeness (QED) is 0.736. The SMILES string of the molecule is CC(C)(CCCO)CNC(=O)CCOc1ccccc1F. The van der Waals surface area contributed by atoms with Crippen LogP contribution in [0.25, 0.3) is 0 Å². The van der Waals surface area contributed by atoms with Crippen LogP contribution in [0.1, 0.15) is 33.1 Å². The van der Waals surface area contributed by atoms with E-state index in [0.717, 1.165) is 12.8 Å². The molecule has 0 heterocycles. The third-order valence-electron chi connectivity index (χ3n) is 3.20. The molecule has 0 unspecified atom stereocenters. The minimum absolute atomic E-state index is 0.0508. The molecule has 21 heavy (non-hydrogen) atoms. The Morgan fingerprint density at radius 2 is 2.10 bits per heavy atom. The number of nitrogens with one attached hydrogen (secondary N) is 1. The monoisotopic (exact) mass is 297 g/mol. The number of para-hydroxylation sites is 1. The van der Waals surface area contributed by atoms with Gasteiger partial charge in [0.2, 0.25) is 5.91 Å². The van der Waals surface area contributed by atoms with Crippen LogP contribution in [0.5, 0.6) is 5.75 Å². The molecular formula is C16H24FNO3. The topological polar surface area (TPSA) is 58.6 Å². The number of hydrogen-bond donors (Lipinski definition) is 2. The third kappa shape index (κ3) is 7.09. The van der Waals surface area contributed by atoms with E-state index in [2.05, 4.69) is 5.32 Å². The van der Waals surface area contributed by atoms with Crippen molar-refractivity contribution >= 4 is 5.91 Å². The van der Waals surface area contributed by atoms with Crippen molar-refractivity contribution in [2.24, 2.45) is 5.41 Å². The fraction of sp³-hybridized carbons (Fsp3) is 0.562. The van der Waals surface area contributed by atoms with Gasteiger partial charge in [-0.2, -0.15) is 0 Å². The Labute approximate surface area is 125 Å². The maximum absolute atomic E-state index is 13.3. The summed E-state index contributed by atoms with van der Waals surface area (Å²) in [6, 6.07) is 6.12. The number of amides is 1. The lowest BCUT2D eigenvalue weighted by Crippen LogP contribution is -2.34. The molecule has 2 N–H and O–H groups in total. The summed E-state index contributed by atoms with van der Waals surface area (Å²) in [6.45, 7) is 4.93. The Hall–Kier alpha value is -1.62. The Kier molecular flexibility index (Phi) is 7.15. The largest absolute Gasteiger partial charge is 0.490 e. The lowest BCUT2D eigenvalue weighted by molar-refractivity contribution is -0.122. The van der Waals surface area contributed by atoms with E-state index in [-0.39, 0.29) is 36.7 Å². The number of ether oxygens (including phenoxy) is 1. The number of benzene rings is 1. The predicted octanol–water partition coefficient (Wildman–Crippen LogP) is 2.51. The first-order valence-corrected chi connectivity index (χ1v) is 7.19. The number of aliphatic hydroxyl groups is 1. The Balaban J connectivity index is 2.24. The number of halogens is 1. The molecule has 0 saturated heterocycles. The van der Waals surface area contributed by atoms with E-state index in [4.69, 9.17) is 9.84 Å². The zero-order valence-corrected chi connectivity index (χ0v) is 12.7. The Morgan fingerprint density at radius 1 is 1.38 bits per heavy atom. The van der Waals surface area contributed by atoms with Crippen molar-refractivity contribution in [1.82, 2.24) is 5.32 Å². The van der Waals surface area contributed by atoms with Crippen LogP contribution in [0.2, 0.25) is 0 Å². The van der Waals surface area contributed by atoms with Crippen molar-refractivity contribution in [3.05, 3.63) is 30.1 Å². The number of rotatable bonds is 9.